The van der Waals surface area contributed by atoms with Crippen molar-refractivity contribution in [1.82, 2.24) is 20.0 Å². The number of sulfonamides is 1. The van der Waals surface area contributed by atoms with Gasteiger partial charge in [0.15, 0.2) is 5.82 Å². The van der Waals surface area contributed by atoms with E-state index in [0.717, 1.165) is 17.0 Å². The first kappa shape index (κ1) is 18.4. The van der Waals surface area contributed by atoms with Crippen molar-refractivity contribution >= 4 is 21.5 Å². The fourth-order valence-electron chi connectivity index (χ4n) is 3.34. The summed E-state index contributed by atoms with van der Waals surface area (Å²) in [6.07, 6.45) is 0.669. The number of rotatable bonds is 5. The van der Waals surface area contributed by atoms with Gasteiger partial charge in [-0.15, -0.1) is 10.2 Å². The van der Waals surface area contributed by atoms with Crippen LogP contribution in [0.15, 0.2) is 42.5 Å². The Morgan fingerprint density at radius 3 is 2.61 bits per heavy atom. The highest BCUT2D eigenvalue weighted by molar-refractivity contribution is 7.93. The van der Waals surface area contributed by atoms with Crippen LogP contribution in [0.4, 0.5) is 11.5 Å². The van der Waals surface area contributed by atoms with Gasteiger partial charge < -0.3 is 5.32 Å². The molecule has 9 heteroatoms. The van der Waals surface area contributed by atoms with Crippen LogP contribution in [0.3, 0.4) is 0 Å². The summed E-state index contributed by atoms with van der Waals surface area (Å²) < 4.78 is 27.5. The quantitative estimate of drug-likeness (QED) is 0.710. The molecule has 8 nitrogen and oxygen atoms in total. The number of nitrogens with one attached hydrogen (secondary N) is 1. The van der Waals surface area contributed by atoms with Gasteiger partial charge in [-0.25, -0.2) is 13.1 Å². The second-order valence-corrected chi connectivity index (χ2v) is 8.89. The molecule has 3 aromatic rings. The van der Waals surface area contributed by atoms with Gasteiger partial charge in [0.05, 0.1) is 17.1 Å². The summed E-state index contributed by atoms with van der Waals surface area (Å²) in [6.45, 7) is 4.98. The van der Waals surface area contributed by atoms with Crippen molar-refractivity contribution in [2.24, 2.45) is 0 Å². The van der Waals surface area contributed by atoms with Crippen molar-refractivity contribution < 1.29 is 8.42 Å². The van der Waals surface area contributed by atoms with E-state index in [4.69, 9.17) is 0 Å². The average Bonchev–Trinajstić information content (AvgIpc) is 3.21. The first-order valence-electron chi connectivity index (χ1n) is 9.13. The molecule has 3 heterocycles. The number of aryl methyl sites for hydroxylation is 2. The first-order valence-corrected chi connectivity index (χ1v) is 10.7. The summed E-state index contributed by atoms with van der Waals surface area (Å²) >= 11 is 0. The van der Waals surface area contributed by atoms with E-state index in [-0.39, 0.29) is 5.75 Å². The summed E-state index contributed by atoms with van der Waals surface area (Å²) in [5.41, 5.74) is 3.62. The third-order valence-corrected chi connectivity index (χ3v) is 6.52. The minimum Gasteiger partial charge on any atom is -0.365 e. The Balaban J connectivity index is 1.45. The van der Waals surface area contributed by atoms with Gasteiger partial charge in [-0.3, -0.25) is 4.31 Å². The summed E-state index contributed by atoms with van der Waals surface area (Å²) in [7, 11) is -3.17. The fourth-order valence-corrected chi connectivity index (χ4v) is 4.89. The highest BCUT2D eigenvalue weighted by atomic mass is 32.2. The third-order valence-electron chi connectivity index (χ3n) is 4.65. The molecule has 0 aliphatic carbocycles. The number of hydrogen-bond acceptors (Lipinski definition) is 6. The summed E-state index contributed by atoms with van der Waals surface area (Å²) in [6, 6.07) is 13.3. The minimum atomic E-state index is -3.17. The minimum absolute atomic E-state index is 0.215. The molecular weight excluding hydrogens is 376 g/mol. The number of aromatic nitrogens is 4. The molecule has 1 aliphatic heterocycles. The molecule has 0 amide bonds. The Hall–Kier alpha value is -2.94. The van der Waals surface area contributed by atoms with Crippen molar-refractivity contribution in [2.75, 3.05) is 21.9 Å². The molecule has 1 aromatic carbocycles. The lowest BCUT2D eigenvalue weighted by Gasteiger charge is -2.17. The molecule has 0 saturated carbocycles. The zero-order chi connectivity index (χ0) is 19.7. The van der Waals surface area contributed by atoms with E-state index in [2.05, 4.69) is 20.6 Å². The van der Waals surface area contributed by atoms with Crippen LogP contribution in [0.1, 0.15) is 23.4 Å². The fraction of sp³-hybridized carbons (Fsp3) is 0.316. The maximum Gasteiger partial charge on any atom is 0.235 e. The Kier molecular flexibility index (Phi) is 4.76. The predicted molar refractivity (Wildman–Crippen MR) is 108 cm³/mol. The molecule has 1 N–H and O–H groups in total. The molecule has 0 radical (unpaired) electrons. The van der Waals surface area contributed by atoms with Gasteiger partial charge in [-0.1, -0.05) is 12.1 Å². The summed E-state index contributed by atoms with van der Waals surface area (Å²) in [5, 5.41) is 16.1. The first-order chi connectivity index (χ1) is 13.4. The molecule has 1 fully saturated rings. The van der Waals surface area contributed by atoms with E-state index in [1.807, 2.05) is 56.3 Å². The molecule has 0 unspecified atom stereocenters. The normalized spacial score (nSPS) is 15.7. The van der Waals surface area contributed by atoms with E-state index in [1.165, 1.54) is 4.31 Å². The average molecular weight is 398 g/mol. The largest absolute Gasteiger partial charge is 0.365 e. The number of benzene rings is 1. The summed E-state index contributed by atoms with van der Waals surface area (Å²) in [4.78, 5) is 0. The van der Waals surface area contributed by atoms with Gasteiger partial charge in [0, 0.05) is 18.8 Å². The molecule has 2 aromatic heterocycles. The zero-order valence-electron chi connectivity index (χ0n) is 15.8. The lowest BCUT2D eigenvalue weighted by molar-refractivity contribution is 0.599. The van der Waals surface area contributed by atoms with Crippen LogP contribution in [0.2, 0.25) is 0 Å². The van der Waals surface area contributed by atoms with Crippen LogP contribution >= 0.6 is 0 Å². The number of anilines is 2. The second-order valence-electron chi connectivity index (χ2n) is 6.88. The monoisotopic (exact) mass is 398 g/mol. The Bertz CT molecular complexity index is 1090. The molecule has 28 heavy (non-hydrogen) atoms. The SMILES string of the molecule is Cc1cc(C)n(-c2ccc(NCc3cccc(N4CCCS4(=O)=O)c3)nn2)n1. The Morgan fingerprint density at radius 2 is 1.96 bits per heavy atom. The van der Waals surface area contributed by atoms with Crippen LogP contribution in [-0.4, -0.2) is 40.7 Å². The number of hydrogen-bond donors (Lipinski definition) is 1. The maximum absolute atomic E-state index is 12.1. The van der Waals surface area contributed by atoms with Crippen LogP contribution in [0.25, 0.3) is 5.82 Å². The third kappa shape index (κ3) is 3.70. The maximum atomic E-state index is 12.1. The van der Waals surface area contributed by atoms with Crippen molar-refractivity contribution in [2.45, 2.75) is 26.8 Å². The second kappa shape index (κ2) is 7.23. The molecule has 1 aliphatic rings. The molecule has 4 rings (SSSR count). The molecule has 0 bridgehead atoms. The van der Waals surface area contributed by atoms with E-state index in [1.54, 1.807) is 4.68 Å². The highest BCUT2D eigenvalue weighted by Crippen LogP contribution is 2.25. The van der Waals surface area contributed by atoms with Crippen molar-refractivity contribution in [3.63, 3.8) is 0 Å². The lowest BCUT2D eigenvalue weighted by Crippen LogP contribution is -2.25. The van der Waals surface area contributed by atoms with Crippen LogP contribution in [-0.2, 0) is 16.6 Å². The van der Waals surface area contributed by atoms with Crippen LogP contribution in [0.5, 0.6) is 0 Å². The smallest absolute Gasteiger partial charge is 0.235 e. The van der Waals surface area contributed by atoms with Crippen molar-refractivity contribution in [3.8, 4) is 5.82 Å². The molecular formula is C19H22N6O2S. The zero-order valence-corrected chi connectivity index (χ0v) is 16.6. The topological polar surface area (TPSA) is 93.0 Å². The van der Waals surface area contributed by atoms with E-state index < -0.39 is 10.0 Å². The van der Waals surface area contributed by atoms with Gasteiger partial charge >= 0.3 is 0 Å². The van der Waals surface area contributed by atoms with Crippen LogP contribution < -0.4 is 9.62 Å². The standard InChI is InChI=1S/C19H22N6O2S/c1-14-11-15(2)25(23-14)19-8-7-18(21-22-19)20-13-16-5-3-6-17(12-16)24-9-4-10-28(24,26)27/h3,5-8,11-12H,4,9-10,13H2,1-2H3,(H,20,21). The highest BCUT2D eigenvalue weighted by Gasteiger charge is 2.28. The van der Waals surface area contributed by atoms with Gasteiger partial charge in [0.2, 0.25) is 10.0 Å². The van der Waals surface area contributed by atoms with Crippen molar-refractivity contribution in [3.05, 3.63) is 59.4 Å². The van der Waals surface area contributed by atoms with Gasteiger partial charge in [0.1, 0.15) is 5.82 Å². The Labute approximate surface area is 164 Å². The van der Waals surface area contributed by atoms with Crippen LogP contribution in [0, 0.1) is 13.8 Å². The Morgan fingerprint density at radius 1 is 1.11 bits per heavy atom. The van der Waals surface area contributed by atoms with Gasteiger partial charge in [-0.2, -0.15) is 5.10 Å². The molecule has 146 valence electrons. The lowest BCUT2D eigenvalue weighted by atomic mass is 10.2. The molecule has 0 spiro atoms. The molecule has 0 atom stereocenters. The molecule has 1 saturated heterocycles. The van der Waals surface area contributed by atoms with E-state index in [9.17, 15) is 8.42 Å². The number of nitrogens with zero attached hydrogens (tertiary/aromatic N) is 5. The van der Waals surface area contributed by atoms with Crippen molar-refractivity contribution in [1.29, 1.82) is 0 Å². The van der Waals surface area contributed by atoms with E-state index >= 15 is 0 Å². The van der Waals surface area contributed by atoms with Gasteiger partial charge in [0.25, 0.3) is 0 Å². The van der Waals surface area contributed by atoms with Gasteiger partial charge in [-0.05, 0) is 56.2 Å². The summed E-state index contributed by atoms with van der Waals surface area (Å²) in [5.74, 6) is 1.52. The predicted octanol–water partition coefficient (Wildman–Crippen LogP) is 2.43. The van der Waals surface area contributed by atoms with E-state index in [0.29, 0.717) is 36.8 Å².